The van der Waals surface area contributed by atoms with Crippen LogP contribution < -0.4 is 0 Å². The van der Waals surface area contributed by atoms with E-state index in [-0.39, 0.29) is 11.7 Å². The molecule has 0 N–H and O–H groups in total. The molecule has 1 fully saturated rings. The van der Waals surface area contributed by atoms with Crippen molar-refractivity contribution >= 4 is 16.9 Å². The highest BCUT2D eigenvalue weighted by molar-refractivity contribution is 6.04. The van der Waals surface area contributed by atoms with Gasteiger partial charge in [0.05, 0.1) is 11.1 Å². The molecule has 3 heterocycles. The van der Waals surface area contributed by atoms with Crippen molar-refractivity contribution in [1.29, 1.82) is 0 Å². The number of pyridine rings is 1. The van der Waals surface area contributed by atoms with Crippen molar-refractivity contribution < 1.29 is 9.18 Å². The van der Waals surface area contributed by atoms with Gasteiger partial charge in [-0.1, -0.05) is 30.3 Å². The van der Waals surface area contributed by atoms with Crippen LogP contribution in [0.2, 0.25) is 0 Å². The summed E-state index contributed by atoms with van der Waals surface area (Å²) in [6, 6.07) is 20.2. The van der Waals surface area contributed by atoms with Crippen LogP contribution in [0.15, 0.2) is 72.9 Å². The van der Waals surface area contributed by atoms with Crippen LogP contribution >= 0.6 is 0 Å². The van der Waals surface area contributed by atoms with E-state index < -0.39 is 0 Å². The minimum absolute atomic E-state index is 0.0722. The maximum Gasteiger partial charge on any atom is 0.275 e. The van der Waals surface area contributed by atoms with Gasteiger partial charge in [-0.05, 0) is 67.1 Å². The van der Waals surface area contributed by atoms with Crippen molar-refractivity contribution in [3.05, 3.63) is 90.0 Å². The van der Waals surface area contributed by atoms with Gasteiger partial charge in [0.1, 0.15) is 5.82 Å². The van der Waals surface area contributed by atoms with E-state index in [9.17, 15) is 9.18 Å². The average Bonchev–Trinajstić information content (AvgIpc) is 3.20. The topological polar surface area (TPSA) is 51.0 Å². The minimum Gasteiger partial charge on any atom is -0.337 e. The summed E-state index contributed by atoms with van der Waals surface area (Å²) in [5, 5.41) is 5.30. The highest BCUT2D eigenvalue weighted by Crippen LogP contribution is 2.26. The molecule has 2 aromatic carbocycles. The summed E-state index contributed by atoms with van der Waals surface area (Å²) < 4.78 is 15.0. The molecule has 1 aliphatic rings. The van der Waals surface area contributed by atoms with Crippen molar-refractivity contribution in [2.75, 3.05) is 13.1 Å². The Balaban J connectivity index is 1.36. The van der Waals surface area contributed by atoms with E-state index in [1.807, 2.05) is 23.1 Å². The smallest absolute Gasteiger partial charge is 0.275 e. The Bertz CT molecular complexity index is 1200. The lowest BCUT2D eigenvalue weighted by Gasteiger charge is -2.31. The zero-order chi connectivity index (χ0) is 21.2. The van der Waals surface area contributed by atoms with Gasteiger partial charge in [0, 0.05) is 19.3 Å². The Morgan fingerprint density at radius 1 is 0.968 bits per heavy atom. The monoisotopic (exact) mass is 414 g/mol. The van der Waals surface area contributed by atoms with Gasteiger partial charge in [-0.2, -0.15) is 5.10 Å². The molecule has 1 amide bonds. The summed E-state index contributed by atoms with van der Waals surface area (Å²) in [4.78, 5) is 19.7. The molecule has 0 bridgehead atoms. The predicted octanol–water partition coefficient (Wildman–Crippen LogP) is 4.65. The van der Waals surface area contributed by atoms with Crippen molar-refractivity contribution in [3.8, 4) is 5.69 Å². The van der Waals surface area contributed by atoms with E-state index in [1.165, 1.54) is 17.7 Å². The maximum absolute atomic E-state index is 13.4. The van der Waals surface area contributed by atoms with Crippen molar-refractivity contribution in [2.24, 2.45) is 5.92 Å². The van der Waals surface area contributed by atoms with E-state index in [1.54, 1.807) is 23.0 Å². The van der Waals surface area contributed by atoms with Gasteiger partial charge in [0.2, 0.25) is 0 Å². The minimum atomic E-state index is -0.317. The molecule has 2 aromatic heterocycles. The number of carbonyl (C=O) groups is 1. The second kappa shape index (κ2) is 8.30. The number of fused-ring (bicyclic) bond motifs is 1. The van der Waals surface area contributed by atoms with Crippen LogP contribution in [0.3, 0.4) is 0 Å². The van der Waals surface area contributed by atoms with Gasteiger partial charge >= 0.3 is 0 Å². The summed E-state index contributed by atoms with van der Waals surface area (Å²) in [7, 11) is 0. The summed E-state index contributed by atoms with van der Waals surface area (Å²) >= 11 is 0. The lowest BCUT2D eigenvalue weighted by molar-refractivity contribution is 0.0686. The molecule has 0 saturated carbocycles. The number of hydrogen-bond acceptors (Lipinski definition) is 3. The highest BCUT2D eigenvalue weighted by Gasteiger charge is 2.27. The Morgan fingerprint density at radius 3 is 2.45 bits per heavy atom. The van der Waals surface area contributed by atoms with Crippen LogP contribution in [-0.2, 0) is 6.42 Å². The molecule has 0 atom stereocenters. The summed E-state index contributed by atoms with van der Waals surface area (Å²) in [5.41, 5.74) is 3.01. The molecule has 156 valence electrons. The molecule has 1 aliphatic heterocycles. The first-order chi connectivity index (χ1) is 15.2. The third-order valence-electron chi connectivity index (χ3n) is 5.99. The van der Waals surface area contributed by atoms with Gasteiger partial charge in [-0.3, -0.25) is 4.79 Å². The van der Waals surface area contributed by atoms with Gasteiger partial charge in [-0.15, -0.1) is 0 Å². The molecule has 0 aliphatic carbocycles. The van der Waals surface area contributed by atoms with E-state index >= 15 is 0 Å². The Hall–Kier alpha value is -3.54. The quantitative estimate of drug-likeness (QED) is 0.488. The molecule has 0 unspecified atom stereocenters. The second-order valence-corrected chi connectivity index (χ2v) is 8.04. The number of carbonyl (C=O) groups excluding carboxylic acids is 1. The average molecular weight is 414 g/mol. The number of amides is 1. The number of hydrogen-bond donors (Lipinski definition) is 0. The van der Waals surface area contributed by atoms with Crippen molar-refractivity contribution in [2.45, 2.75) is 19.3 Å². The number of aromatic nitrogens is 3. The molecule has 5 nitrogen and oxygen atoms in total. The molecular weight excluding hydrogens is 391 g/mol. The standard InChI is InChI=1S/C25H23FN4O/c26-20-8-10-21(11-9-20)30-24-22(7-4-14-27-24)23(28-30)25(31)29-15-12-19(13-16-29)17-18-5-2-1-3-6-18/h1-11,14,19H,12-13,15-17H2. The van der Waals surface area contributed by atoms with Gasteiger partial charge in [-0.25, -0.2) is 14.1 Å². The molecular formula is C25H23FN4O. The zero-order valence-corrected chi connectivity index (χ0v) is 17.1. The van der Waals surface area contributed by atoms with Gasteiger partial charge in [0.15, 0.2) is 11.3 Å². The van der Waals surface area contributed by atoms with E-state index in [4.69, 9.17) is 0 Å². The molecule has 6 heteroatoms. The zero-order valence-electron chi connectivity index (χ0n) is 17.1. The maximum atomic E-state index is 13.4. The third-order valence-corrected chi connectivity index (χ3v) is 5.99. The molecule has 4 aromatic rings. The number of halogens is 1. The summed E-state index contributed by atoms with van der Waals surface area (Å²) in [6.45, 7) is 1.45. The second-order valence-electron chi connectivity index (χ2n) is 8.04. The number of rotatable bonds is 4. The van der Waals surface area contributed by atoms with Crippen LogP contribution in [0, 0.1) is 11.7 Å². The van der Waals surface area contributed by atoms with Crippen LogP contribution in [0.4, 0.5) is 4.39 Å². The number of likely N-dealkylation sites (tertiary alicyclic amines) is 1. The van der Waals surface area contributed by atoms with Crippen LogP contribution in [0.5, 0.6) is 0 Å². The first kappa shape index (κ1) is 19.4. The van der Waals surface area contributed by atoms with E-state index in [0.717, 1.165) is 32.4 Å². The first-order valence-corrected chi connectivity index (χ1v) is 10.6. The fourth-order valence-electron chi connectivity index (χ4n) is 4.31. The lowest BCUT2D eigenvalue weighted by atomic mass is 9.90. The largest absolute Gasteiger partial charge is 0.337 e. The Kier molecular flexibility index (Phi) is 5.20. The van der Waals surface area contributed by atoms with E-state index in [0.29, 0.717) is 28.3 Å². The van der Waals surface area contributed by atoms with E-state index in [2.05, 4.69) is 34.3 Å². The Labute approximate surface area is 180 Å². The molecule has 0 spiro atoms. The van der Waals surface area contributed by atoms with Crippen LogP contribution in [0.25, 0.3) is 16.7 Å². The lowest BCUT2D eigenvalue weighted by Crippen LogP contribution is -2.39. The summed E-state index contributed by atoms with van der Waals surface area (Å²) in [5.74, 6) is 0.196. The fourth-order valence-corrected chi connectivity index (χ4v) is 4.31. The summed E-state index contributed by atoms with van der Waals surface area (Å²) in [6.07, 6.45) is 4.69. The highest BCUT2D eigenvalue weighted by atomic mass is 19.1. The molecule has 1 saturated heterocycles. The first-order valence-electron chi connectivity index (χ1n) is 10.6. The van der Waals surface area contributed by atoms with Gasteiger partial charge < -0.3 is 4.90 Å². The molecule has 31 heavy (non-hydrogen) atoms. The number of benzene rings is 2. The van der Waals surface area contributed by atoms with Crippen LogP contribution in [-0.4, -0.2) is 38.7 Å². The van der Waals surface area contributed by atoms with Crippen molar-refractivity contribution in [3.63, 3.8) is 0 Å². The van der Waals surface area contributed by atoms with Gasteiger partial charge in [0.25, 0.3) is 5.91 Å². The van der Waals surface area contributed by atoms with Crippen LogP contribution in [0.1, 0.15) is 28.9 Å². The number of piperidine rings is 1. The Morgan fingerprint density at radius 2 is 1.71 bits per heavy atom. The van der Waals surface area contributed by atoms with Crippen molar-refractivity contribution in [1.82, 2.24) is 19.7 Å². The SMILES string of the molecule is O=C(c1nn(-c2ccc(F)cc2)c2ncccc12)N1CCC(Cc2ccccc2)CC1. The molecule has 5 rings (SSSR count). The third kappa shape index (κ3) is 3.93. The molecule has 0 radical (unpaired) electrons. The number of nitrogens with zero attached hydrogens (tertiary/aromatic N) is 4. The normalized spacial score (nSPS) is 14.8. The predicted molar refractivity (Wildman–Crippen MR) is 118 cm³/mol. The fraction of sp³-hybridized carbons (Fsp3) is 0.240.